The van der Waals surface area contributed by atoms with Gasteiger partial charge in [-0.15, -0.1) is 0 Å². The van der Waals surface area contributed by atoms with E-state index in [1.54, 1.807) is 4.90 Å². The molecule has 1 N–H and O–H groups in total. The fraction of sp³-hybridized carbons (Fsp3) is 0.417. The first-order valence-electron chi connectivity index (χ1n) is 5.73. The number of amides is 1. The molecule has 0 spiro atoms. The first kappa shape index (κ1) is 13.3. The molecule has 1 aliphatic heterocycles. The number of nitrogens with zero attached hydrogens (tertiary/aromatic N) is 1. The minimum atomic E-state index is -0.602. The summed E-state index contributed by atoms with van der Waals surface area (Å²) in [5.41, 5.74) is 0.352. The third kappa shape index (κ3) is 3.43. The van der Waals surface area contributed by atoms with Gasteiger partial charge in [0, 0.05) is 38.0 Å². The van der Waals surface area contributed by atoms with Gasteiger partial charge in [0.05, 0.1) is 0 Å². The Labute approximate surface area is 109 Å². The molecule has 6 heteroatoms. The topological polar surface area (TPSA) is 32.3 Å². The second-order valence-electron chi connectivity index (χ2n) is 4.03. The lowest BCUT2D eigenvalue weighted by molar-refractivity contribution is 0.215. The van der Waals surface area contributed by atoms with Crippen LogP contribution in [0.15, 0.2) is 18.2 Å². The van der Waals surface area contributed by atoms with E-state index in [0.717, 1.165) is 30.9 Å². The molecule has 1 aromatic carbocycles. The number of rotatable bonds is 2. The van der Waals surface area contributed by atoms with Crippen LogP contribution in [0.1, 0.15) is 5.56 Å². The number of piperazine rings is 1. The van der Waals surface area contributed by atoms with Crippen molar-refractivity contribution in [3.63, 3.8) is 0 Å². The van der Waals surface area contributed by atoms with Gasteiger partial charge in [0.2, 0.25) is 0 Å². The third-order valence-corrected chi connectivity index (χ3v) is 3.70. The summed E-state index contributed by atoms with van der Waals surface area (Å²) in [5, 5.41) is 3.10. The molecule has 1 saturated heterocycles. The molecule has 0 aromatic heterocycles. The summed E-state index contributed by atoms with van der Waals surface area (Å²) in [4.78, 5) is 13.6. The summed E-state index contributed by atoms with van der Waals surface area (Å²) >= 11 is 1.05. The molecule has 1 aromatic rings. The van der Waals surface area contributed by atoms with Gasteiger partial charge < -0.3 is 10.2 Å². The summed E-state index contributed by atoms with van der Waals surface area (Å²) in [7, 11) is 0. The molecular formula is C12H14F2N2OS. The van der Waals surface area contributed by atoms with Crippen LogP contribution in [0.5, 0.6) is 0 Å². The van der Waals surface area contributed by atoms with E-state index >= 15 is 0 Å². The van der Waals surface area contributed by atoms with Crippen LogP contribution in [0.3, 0.4) is 0 Å². The number of carbonyl (C=O) groups is 1. The maximum atomic E-state index is 13.4. The van der Waals surface area contributed by atoms with Crippen molar-refractivity contribution < 1.29 is 13.6 Å². The van der Waals surface area contributed by atoms with Gasteiger partial charge in [0.1, 0.15) is 11.6 Å². The van der Waals surface area contributed by atoms with Crippen molar-refractivity contribution >= 4 is 17.0 Å². The van der Waals surface area contributed by atoms with Crippen molar-refractivity contribution in [3.05, 3.63) is 35.4 Å². The summed E-state index contributed by atoms with van der Waals surface area (Å²) in [6, 6.07) is 3.42. The molecule has 18 heavy (non-hydrogen) atoms. The minimum Gasteiger partial charge on any atom is -0.331 e. The highest BCUT2D eigenvalue weighted by Crippen LogP contribution is 2.19. The first-order valence-corrected chi connectivity index (χ1v) is 6.72. The lowest BCUT2D eigenvalue weighted by atomic mass is 10.2. The van der Waals surface area contributed by atoms with E-state index in [4.69, 9.17) is 0 Å². The number of halogens is 2. The minimum absolute atomic E-state index is 0.0553. The third-order valence-electron chi connectivity index (χ3n) is 2.74. The van der Waals surface area contributed by atoms with Gasteiger partial charge in [0.25, 0.3) is 5.24 Å². The molecule has 1 heterocycles. The maximum absolute atomic E-state index is 13.4. The van der Waals surface area contributed by atoms with E-state index in [1.807, 2.05) is 0 Å². The lowest BCUT2D eigenvalue weighted by Gasteiger charge is -2.26. The summed E-state index contributed by atoms with van der Waals surface area (Å²) in [6.45, 7) is 2.93. The molecule has 0 atom stereocenters. The van der Waals surface area contributed by atoms with E-state index < -0.39 is 11.6 Å². The number of hydrogen-bond acceptors (Lipinski definition) is 3. The summed E-state index contributed by atoms with van der Waals surface area (Å²) in [6.07, 6.45) is 0. The number of hydrogen-bond donors (Lipinski definition) is 1. The Balaban J connectivity index is 1.88. The van der Waals surface area contributed by atoms with E-state index in [-0.39, 0.29) is 11.0 Å². The highest BCUT2D eigenvalue weighted by atomic mass is 32.2. The van der Waals surface area contributed by atoms with E-state index in [1.165, 1.54) is 12.1 Å². The Morgan fingerprint density at radius 3 is 2.72 bits per heavy atom. The number of benzene rings is 1. The molecule has 98 valence electrons. The number of nitrogens with one attached hydrogen (secondary N) is 1. The molecule has 0 radical (unpaired) electrons. The molecule has 0 saturated carbocycles. The van der Waals surface area contributed by atoms with Gasteiger partial charge in [-0.1, -0.05) is 17.8 Å². The molecule has 0 unspecified atom stereocenters. The molecule has 1 aliphatic rings. The Bertz CT molecular complexity index is 436. The zero-order chi connectivity index (χ0) is 13.0. The van der Waals surface area contributed by atoms with E-state index in [9.17, 15) is 13.6 Å². The number of thioether (sulfide) groups is 1. The molecule has 1 amide bonds. The van der Waals surface area contributed by atoms with Crippen molar-refractivity contribution in [2.45, 2.75) is 5.75 Å². The Morgan fingerprint density at radius 2 is 2.06 bits per heavy atom. The normalized spacial score (nSPS) is 15.8. The average molecular weight is 272 g/mol. The second-order valence-corrected chi connectivity index (χ2v) is 4.95. The standard InChI is InChI=1S/C12H14F2N2OS/c13-10-2-1-9(11(14)7-10)8-18-12(17)16-5-3-15-4-6-16/h1-2,7,15H,3-6,8H2. The highest BCUT2D eigenvalue weighted by Gasteiger charge is 2.17. The van der Waals surface area contributed by atoms with E-state index in [0.29, 0.717) is 18.7 Å². The van der Waals surface area contributed by atoms with Crippen molar-refractivity contribution in [1.29, 1.82) is 0 Å². The zero-order valence-corrected chi connectivity index (χ0v) is 10.6. The Kier molecular flexibility index (Phi) is 4.54. The molecular weight excluding hydrogens is 258 g/mol. The lowest BCUT2D eigenvalue weighted by Crippen LogP contribution is -2.45. The summed E-state index contributed by atoms with van der Waals surface area (Å²) < 4.78 is 26.1. The molecule has 0 bridgehead atoms. The zero-order valence-electron chi connectivity index (χ0n) is 9.79. The van der Waals surface area contributed by atoms with Crippen molar-refractivity contribution in [2.75, 3.05) is 26.2 Å². The quantitative estimate of drug-likeness (QED) is 0.896. The summed E-state index contributed by atoms with van der Waals surface area (Å²) in [5.74, 6) is -0.972. The fourth-order valence-electron chi connectivity index (χ4n) is 1.72. The highest BCUT2D eigenvalue weighted by molar-refractivity contribution is 8.12. The first-order chi connectivity index (χ1) is 8.66. The molecule has 2 rings (SSSR count). The monoisotopic (exact) mass is 272 g/mol. The fourth-order valence-corrected chi connectivity index (χ4v) is 2.60. The van der Waals surface area contributed by atoms with Gasteiger partial charge >= 0.3 is 0 Å². The molecule has 0 aliphatic carbocycles. The average Bonchev–Trinajstić information content (AvgIpc) is 2.38. The van der Waals surface area contributed by atoms with Gasteiger partial charge in [0.15, 0.2) is 0 Å². The van der Waals surface area contributed by atoms with Crippen LogP contribution in [0.2, 0.25) is 0 Å². The van der Waals surface area contributed by atoms with Gasteiger partial charge in [-0.25, -0.2) is 8.78 Å². The predicted molar refractivity (Wildman–Crippen MR) is 67.5 cm³/mol. The largest absolute Gasteiger partial charge is 0.331 e. The second kappa shape index (κ2) is 6.15. The Hall–Kier alpha value is -1.14. The van der Waals surface area contributed by atoms with Crippen LogP contribution in [-0.4, -0.2) is 36.3 Å². The predicted octanol–water partition coefficient (Wildman–Crippen LogP) is 2.22. The van der Waals surface area contributed by atoms with Crippen LogP contribution in [0.4, 0.5) is 13.6 Å². The number of carbonyl (C=O) groups excluding carboxylic acids is 1. The Morgan fingerprint density at radius 1 is 1.33 bits per heavy atom. The van der Waals surface area contributed by atoms with Crippen molar-refractivity contribution in [1.82, 2.24) is 10.2 Å². The van der Waals surface area contributed by atoms with Crippen molar-refractivity contribution in [3.8, 4) is 0 Å². The van der Waals surface area contributed by atoms with Crippen LogP contribution in [-0.2, 0) is 5.75 Å². The van der Waals surface area contributed by atoms with Crippen LogP contribution >= 0.6 is 11.8 Å². The van der Waals surface area contributed by atoms with Gasteiger partial charge in [-0.05, 0) is 11.6 Å². The maximum Gasteiger partial charge on any atom is 0.282 e. The van der Waals surface area contributed by atoms with E-state index in [2.05, 4.69) is 5.32 Å². The smallest absolute Gasteiger partial charge is 0.282 e. The van der Waals surface area contributed by atoms with Crippen LogP contribution in [0.25, 0.3) is 0 Å². The SMILES string of the molecule is O=C(SCc1ccc(F)cc1F)N1CCNCC1. The van der Waals surface area contributed by atoms with Gasteiger partial charge in [-0.2, -0.15) is 0 Å². The van der Waals surface area contributed by atoms with Crippen LogP contribution < -0.4 is 5.32 Å². The molecule has 1 fully saturated rings. The molecule has 3 nitrogen and oxygen atoms in total. The van der Waals surface area contributed by atoms with Crippen LogP contribution in [0, 0.1) is 11.6 Å². The van der Waals surface area contributed by atoms with Crippen molar-refractivity contribution in [2.24, 2.45) is 0 Å². The van der Waals surface area contributed by atoms with Gasteiger partial charge in [-0.3, -0.25) is 4.79 Å².